The zero-order valence-corrected chi connectivity index (χ0v) is 57.4. The van der Waals surface area contributed by atoms with Gasteiger partial charge in [0.25, 0.3) is 0 Å². The molecule has 12 aromatic carbocycles. The highest BCUT2D eigenvalue weighted by Gasteiger charge is 2.28. The molecule has 0 radical (unpaired) electrons. The van der Waals surface area contributed by atoms with Gasteiger partial charge in [-0.15, -0.1) is 0 Å². The number of hydrogen-bond acceptors (Lipinski definition) is 4. The molecule has 0 N–H and O–H groups in total. The van der Waals surface area contributed by atoms with E-state index in [-0.39, 0.29) is 0 Å². The second-order valence-corrected chi connectivity index (χ2v) is 27.3. The van der Waals surface area contributed by atoms with Gasteiger partial charge in [-0.2, -0.15) is 0 Å². The van der Waals surface area contributed by atoms with Crippen molar-refractivity contribution in [2.24, 2.45) is 0 Å². The van der Waals surface area contributed by atoms with Crippen LogP contribution in [0.2, 0.25) is 0 Å². The number of rotatable bonds is 12. The van der Waals surface area contributed by atoms with Gasteiger partial charge in [0.15, 0.2) is 0 Å². The molecule has 0 fully saturated rings. The van der Waals surface area contributed by atoms with Crippen LogP contribution >= 0.6 is 0 Å². The van der Waals surface area contributed by atoms with Gasteiger partial charge in [0.1, 0.15) is 5.82 Å². The van der Waals surface area contributed by atoms with Gasteiger partial charge in [0, 0.05) is 82.5 Å². The van der Waals surface area contributed by atoms with Crippen LogP contribution in [0, 0.1) is 27.7 Å². The van der Waals surface area contributed by atoms with Crippen molar-refractivity contribution in [2.45, 2.75) is 27.7 Å². The van der Waals surface area contributed by atoms with Crippen molar-refractivity contribution in [1.82, 2.24) is 33.6 Å². The number of benzene rings is 12. The number of hydrogen-bond donors (Lipinski definition) is 0. The van der Waals surface area contributed by atoms with E-state index in [9.17, 15) is 0 Å². The predicted octanol–water partition coefficient (Wildman–Crippen LogP) is 24.8. The fourth-order valence-corrected chi connectivity index (χ4v) is 15.6. The number of pyridine rings is 4. The molecule has 7 nitrogen and oxygen atoms in total. The number of para-hydroxylation sites is 2. The molecule has 0 aliphatic heterocycles. The van der Waals surface area contributed by atoms with E-state index in [1.165, 1.54) is 43.8 Å². The van der Waals surface area contributed by atoms with Crippen molar-refractivity contribution in [1.29, 1.82) is 0 Å². The third-order valence-electron chi connectivity index (χ3n) is 20.4. The Hall–Kier alpha value is -13.4. The Morgan fingerprint density at radius 3 is 0.971 bits per heavy atom. The fraction of sp³-hybridized carbons (Fsp3) is 0.0417. The standard InChI is InChI=1S/C96H67N7/c1-60-39-47-92-77(49-60)75-33-19-21-35-88(75)102(92)94-59-81(96(103-89-36-22-20-34-76(89)78-50-61(2)40-48-93(78)103)95(100-94)68-41-43-72(44-42-68)101-90-45-37-62(3)51-79(90)80-52-63(4)38-46-91(80)101)74-32-18-17-31-73(74)69-53-86(70-55-82(64-23-9-5-10-24-64)97-83(56-70)65-25-11-6-12-26-65)99-87(54-69)71-57-84(66-27-13-7-14-28-66)98-85(58-71)67-29-15-8-16-30-67/h5-59H,1-4H3. The molecule has 0 bridgehead atoms. The van der Waals surface area contributed by atoms with Crippen LogP contribution in [-0.4, -0.2) is 33.6 Å². The Bertz CT molecular complexity index is 6240. The number of nitrogens with zero attached hydrogens (tertiary/aromatic N) is 7. The lowest BCUT2D eigenvalue weighted by Crippen LogP contribution is -2.07. The first-order valence-corrected chi connectivity index (χ1v) is 35.2. The van der Waals surface area contributed by atoms with Gasteiger partial charge < -0.3 is 9.13 Å². The molecule has 486 valence electrons. The summed E-state index contributed by atoms with van der Waals surface area (Å²) >= 11 is 0. The van der Waals surface area contributed by atoms with Crippen LogP contribution in [-0.2, 0) is 0 Å². The summed E-state index contributed by atoms with van der Waals surface area (Å²) in [5.41, 5.74) is 30.2. The summed E-state index contributed by atoms with van der Waals surface area (Å²) in [6.07, 6.45) is 0. The number of aromatic nitrogens is 7. The molecule has 7 heteroatoms. The lowest BCUT2D eigenvalue weighted by Gasteiger charge is -2.23. The average molecular weight is 1320 g/mol. The molecule has 0 unspecified atom stereocenters. The molecule has 19 rings (SSSR count). The maximum Gasteiger partial charge on any atom is 0.139 e. The van der Waals surface area contributed by atoms with Gasteiger partial charge >= 0.3 is 0 Å². The van der Waals surface area contributed by atoms with Gasteiger partial charge in [-0.1, -0.05) is 241 Å². The molecule has 0 saturated heterocycles. The van der Waals surface area contributed by atoms with Crippen LogP contribution in [0.4, 0.5) is 0 Å². The number of fused-ring (bicyclic) bond motifs is 9. The Kier molecular flexibility index (Phi) is 14.6. The van der Waals surface area contributed by atoms with Crippen molar-refractivity contribution in [3.8, 4) is 118 Å². The van der Waals surface area contributed by atoms with Crippen molar-refractivity contribution in [3.63, 3.8) is 0 Å². The van der Waals surface area contributed by atoms with Gasteiger partial charge in [0.2, 0.25) is 0 Å². The highest BCUT2D eigenvalue weighted by atomic mass is 15.1. The first kappa shape index (κ1) is 60.8. The van der Waals surface area contributed by atoms with Crippen LogP contribution in [0.25, 0.3) is 184 Å². The minimum atomic E-state index is 0.792. The van der Waals surface area contributed by atoms with Crippen LogP contribution in [0.3, 0.4) is 0 Å². The quantitative estimate of drug-likeness (QED) is 0.122. The third kappa shape index (κ3) is 10.7. The molecule has 0 saturated carbocycles. The molecule has 0 aliphatic carbocycles. The topological polar surface area (TPSA) is 66.3 Å². The first-order valence-electron chi connectivity index (χ1n) is 35.2. The van der Waals surface area contributed by atoms with E-state index in [1.807, 2.05) is 0 Å². The van der Waals surface area contributed by atoms with E-state index in [2.05, 4.69) is 375 Å². The third-order valence-corrected chi connectivity index (χ3v) is 20.4. The van der Waals surface area contributed by atoms with E-state index in [1.54, 1.807) is 0 Å². The monoisotopic (exact) mass is 1320 g/mol. The fourth-order valence-electron chi connectivity index (χ4n) is 15.6. The van der Waals surface area contributed by atoms with E-state index in [4.69, 9.17) is 19.9 Å². The smallest absolute Gasteiger partial charge is 0.139 e. The molecule has 0 aliphatic rings. The highest BCUT2D eigenvalue weighted by molar-refractivity contribution is 6.13. The first-order chi connectivity index (χ1) is 50.7. The lowest BCUT2D eigenvalue weighted by molar-refractivity contribution is 1.06. The van der Waals surface area contributed by atoms with Crippen LogP contribution in [0.1, 0.15) is 22.3 Å². The van der Waals surface area contributed by atoms with E-state index >= 15 is 0 Å². The Labute approximate surface area is 597 Å². The molecule has 0 atom stereocenters. The molecule has 7 aromatic heterocycles. The van der Waals surface area contributed by atoms with E-state index in [0.29, 0.717) is 0 Å². The number of aryl methyl sites for hydroxylation is 4. The second-order valence-electron chi connectivity index (χ2n) is 27.3. The van der Waals surface area contributed by atoms with Gasteiger partial charge in [-0.25, -0.2) is 19.9 Å². The van der Waals surface area contributed by atoms with Crippen molar-refractivity contribution < 1.29 is 0 Å². The second kappa shape index (κ2) is 24.8. The SMILES string of the molecule is Cc1ccc2c(c1)c1cc(C)ccc1n2-c1ccc(-c2nc(-n3c4ccccc4c4cc(C)ccc43)cc(-c3ccccc3-c3cc(-c4cc(-c5ccccc5)nc(-c5ccccc5)c4)nc(-c4cc(-c5ccccc5)nc(-c5ccccc5)c4)c3)c2-n2c3ccccc3c3cc(C)ccc32)cc1. The minimum absolute atomic E-state index is 0.792. The summed E-state index contributed by atoms with van der Waals surface area (Å²) in [5, 5.41) is 7.14. The van der Waals surface area contributed by atoms with Crippen molar-refractivity contribution in [3.05, 3.63) is 356 Å². The molecule has 0 amide bonds. The summed E-state index contributed by atoms with van der Waals surface area (Å²) in [4.78, 5) is 22.8. The van der Waals surface area contributed by atoms with Gasteiger partial charge in [0.05, 0.1) is 78.6 Å². The largest absolute Gasteiger partial charge is 0.309 e. The molecule has 0 spiro atoms. The highest BCUT2D eigenvalue weighted by Crippen LogP contribution is 2.48. The molecule has 19 aromatic rings. The normalized spacial score (nSPS) is 11.7. The van der Waals surface area contributed by atoms with Gasteiger partial charge in [-0.05, 0) is 160 Å². The van der Waals surface area contributed by atoms with Crippen molar-refractivity contribution >= 4 is 65.4 Å². The Morgan fingerprint density at radius 1 is 0.204 bits per heavy atom. The summed E-state index contributed by atoms with van der Waals surface area (Å²) in [6, 6.07) is 121. The summed E-state index contributed by atoms with van der Waals surface area (Å²) in [5.74, 6) is 0.792. The Morgan fingerprint density at radius 2 is 0.534 bits per heavy atom. The Balaban J connectivity index is 0.924. The van der Waals surface area contributed by atoms with Crippen LogP contribution in [0.5, 0.6) is 0 Å². The average Bonchev–Trinajstić information content (AvgIpc) is 1.60. The molecular formula is C96H67N7. The van der Waals surface area contributed by atoms with E-state index < -0.39 is 0 Å². The van der Waals surface area contributed by atoms with Crippen LogP contribution < -0.4 is 0 Å². The predicted molar refractivity (Wildman–Crippen MR) is 429 cm³/mol. The molecular weight excluding hydrogens is 1250 g/mol. The maximum absolute atomic E-state index is 6.15. The van der Waals surface area contributed by atoms with Gasteiger partial charge in [-0.3, -0.25) is 4.57 Å². The molecule has 103 heavy (non-hydrogen) atoms. The van der Waals surface area contributed by atoms with E-state index in [0.717, 1.165) is 162 Å². The summed E-state index contributed by atoms with van der Waals surface area (Å²) in [6.45, 7) is 8.73. The summed E-state index contributed by atoms with van der Waals surface area (Å²) in [7, 11) is 0. The zero-order chi connectivity index (χ0) is 68.8. The summed E-state index contributed by atoms with van der Waals surface area (Å²) < 4.78 is 7.29. The zero-order valence-electron chi connectivity index (χ0n) is 57.4. The van der Waals surface area contributed by atoms with Crippen molar-refractivity contribution in [2.75, 3.05) is 0 Å². The lowest BCUT2D eigenvalue weighted by atomic mass is 9.90. The minimum Gasteiger partial charge on any atom is -0.309 e. The van der Waals surface area contributed by atoms with Crippen LogP contribution in [0.15, 0.2) is 334 Å². The maximum atomic E-state index is 6.15. The molecule has 7 heterocycles.